The highest BCUT2D eigenvalue weighted by Crippen LogP contribution is 2.46. The van der Waals surface area contributed by atoms with Gasteiger partial charge in [-0.15, -0.1) is 0 Å². The average molecular weight is 344 g/mol. The number of benzene rings is 4. The molecule has 4 aromatic carbocycles. The van der Waals surface area contributed by atoms with E-state index in [1.165, 1.54) is 50.1 Å². The van der Waals surface area contributed by atoms with Crippen molar-refractivity contribution in [3.8, 4) is 22.3 Å². The van der Waals surface area contributed by atoms with Crippen LogP contribution in [-0.2, 0) is 19.3 Å². The van der Waals surface area contributed by atoms with Crippen molar-refractivity contribution in [2.75, 3.05) is 0 Å². The van der Waals surface area contributed by atoms with Crippen molar-refractivity contribution < 1.29 is 0 Å². The highest BCUT2D eigenvalue weighted by molar-refractivity contribution is 5.87. The molecule has 27 heavy (non-hydrogen) atoms. The van der Waals surface area contributed by atoms with E-state index >= 15 is 0 Å². The van der Waals surface area contributed by atoms with E-state index in [9.17, 15) is 0 Å². The molecule has 0 nitrogen and oxygen atoms in total. The van der Waals surface area contributed by atoms with Gasteiger partial charge in [0, 0.05) is 0 Å². The summed E-state index contributed by atoms with van der Waals surface area (Å²) in [5.74, 6) is 0. The molecule has 2 aliphatic carbocycles. The maximum Gasteiger partial charge on any atom is -0.000718 e. The molecule has 0 saturated heterocycles. The molecule has 0 aromatic heterocycles. The first kappa shape index (κ1) is 15.0. The normalized spacial score (nSPS) is 13.5. The monoisotopic (exact) mass is 344 g/mol. The molecule has 0 bridgehead atoms. The average Bonchev–Trinajstić information content (AvgIpc) is 3.12. The van der Waals surface area contributed by atoms with Crippen LogP contribution >= 0.6 is 0 Å². The zero-order valence-electron chi connectivity index (χ0n) is 15.2. The van der Waals surface area contributed by atoms with Crippen LogP contribution in [0.5, 0.6) is 0 Å². The second kappa shape index (κ2) is 5.69. The Morgan fingerprint density at radius 1 is 0.407 bits per heavy atom. The lowest BCUT2D eigenvalue weighted by Gasteiger charge is -2.23. The minimum Gasteiger partial charge on any atom is -0.0622 e. The van der Waals surface area contributed by atoms with Gasteiger partial charge in [0.05, 0.1) is 0 Å². The quantitative estimate of drug-likeness (QED) is 0.323. The fraction of sp³-hybridized carbons (Fsp3) is 0.111. The van der Waals surface area contributed by atoms with Crippen LogP contribution in [0.15, 0.2) is 84.9 Å². The highest BCUT2D eigenvalue weighted by atomic mass is 14.3. The molecule has 0 spiro atoms. The van der Waals surface area contributed by atoms with Crippen molar-refractivity contribution in [3.63, 3.8) is 0 Å². The van der Waals surface area contributed by atoms with E-state index in [-0.39, 0.29) is 0 Å². The Labute approximate surface area is 160 Å². The van der Waals surface area contributed by atoms with E-state index < -0.39 is 0 Å². The first-order valence-corrected chi connectivity index (χ1v) is 9.76. The third kappa shape index (κ3) is 2.23. The summed E-state index contributed by atoms with van der Waals surface area (Å²) in [6.45, 7) is 0. The molecule has 0 fully saturated rings. The van der Waals surface area contributed by atoms with Crippen LogP contribution < -0.4 is 0 Å². The Morgan fingerprint density at radius 3 is 1.93 bits per heavy atom. The molecule has 6 rings (SSSR count). The molecular weight excluding hydrogens is 324 g/mol. The molecule has 0 atom stereocenters. The van der Waals surface area contributed by atoms with Gasteiger partial charge in [-0.3, -0.25) is 0 Å². The van der Waals surface area contributed by atoms with Crippen LogP contribution in [0, 0.1) is 0 Å². The van der Waals surface area contributed by atoms with E-state index in [4.69, 9.17) is 0 Å². The zero-order valence-corrected chi connectivity index (χ0v) is 15.2. The molecule has 0 saturated carbocycles. The summed E-state index contributed by atoms with van der Waals surface area (Å²) in [6.07, 6.45) is 3.17. The van der Waals surface area contributed by atoms with E-state index in [1.807, 2.05) is 0 Å². The van der Waals surface area contributed by atoms with Gasteiger partial charge < -0.3 is 0 Å². The summed E-state index contributed by atoms with van der Waals surface area (Å²) in [5.41, 5.74) is 14.7. The van der Waals surface area contributed by atoms with Gasteiger partial charge in [0.2, 0.25) is 0 Å². The van der Waals surface area contributed by atoms with Gasteiger partial charge in [-0.1, -0.05) is 84.9 Å². The molecule has 0 radical (unpaired) electrons. The van der Waals surface area contributed by atoms with Crippen LogP contribution in [0.4, 0.5) is 0 Å². The van der Waals surface area contributed by atoms with Crippen molar-refractivity contribution in [1.29, 1.82) is 0 Å². The number of fused-ring (bicyclic) bond motifs is 6. The number of hydrogen-bond acceptors (Lipinski definition) is 0. The Kier molecular flexibility index (Phi) is 3.16. The van der Waals surface area contributed by atoms with E-state index in [0.29, 0.717) is 0 Å². The second-order valence-corrected chi connectivity index (χ2v) is 7.73. The lowest BCUT2D eigenvalue weighted by Crippen LogP contribution is -2.09. The lowest BCUT2D eigenvalue weighted by atomic mass is 9.82. The third-order valence-electron chi connectivity index (χ3n) is 6.26. The fourth-order valence-electron chi connectivity index (χ4n) is 4.98. The molecule has 2 aliphatic rings. The molecule has 0 amide bonds. The van der Waals surface area contributed by atoms with Crippen LogP contribution in [-0.4, -0.2) is 0 Å². The molecule has 0 heterocycles. The van der Waals surface area contributed by atoms with Crippen molar-refractivity contribution >= 4 is 0 Å². The van der Waals surface area contributed by atoms with Gasteiger partial charge in [-0.2, -0.15) is 0 Å². The SMILES string of the molecule is c1ccc(-c2cccc3c2Cc2ccc4c(c2-3)Cc2ccccc2C4)cc1. The summed E-state index contributed by atoms with van der Waals surface area (Å²) in [5, 5.41) is 0. The van der Waals surface area contributed by atoms with Crippen LogP contribution in [0.25, 0.3) is 22.3 Å². The smallest absolute Gasteiger partial charge is 0.000718 e. The van der Waals surface area contributed by atoms with Gasteiger partial charge in [-0.25, -0.2) is 0 Å². The van der Waals surface area contributed by atoms with Gasteiger partial charge in [0.1, 0.15) is 0 Å². The molecule has 0 aliphatic heterocycles. The zero-order chi connectivity index (χ0) is 17.8. The van der Waals surface area contributed by atoms with Crippen LogP contribution in [0.1, 0.15) is 33.4 Å². The second-order valence-electron chi connectivity index (χ2n) is 7.73. The first-order chi connectivity index (χ1) is 13.4. The predicted molar refractivity (Wildman–Crippen MR) is 112 cm³/mol. The van der Waals surface area contributed by atoms with Crippen LogP contribution in [0.2, 0.25) is 0 Å². The third-order valence-corrected chi connectivity index (χ3v) is 6.26. The topological polar surface area (TPSA) is 0 Å². The molecule has 128 valence electrons. The summed E-state index contributed by atoms with van der Waals surface area (Å²) < 4.78 is 0. The van der Waals surface area contributed by atoms with E-state index in [1.54, 1.807) is 5.56 Å². The Morgan fingerprint density at radius 2 is 1.07 bits per heavy atom. The fourth-order valence-corrected chi connectivity index (χ4v) is 4.98. The summed E-state index contributed by atoms with van der Waals surface area (Å²) >= 11 is 0. The standard InChI is InChI=1S/C27H20/c1-2-7-18(8-3-1)23-11-6-12-24-26(23)17-22-14-13-21-15-19-9-4-5-10-20(19)16-25(21)27(22)24/h1-14H,15-17H2. The lowest BCUT2D eigenvalue weighted by molar-refractivity contribution is 1.00. The Hall–Kier alpha value is -3.12. The minimum absolute atomic E-state index is 1.05. The van der Waals surface area contributed by atoms with Gasteiger partial charge in [-0.05, 0) is 74.9 Å². The van der Waals surface area contributed by atoms with E-state index in [0.717, 1.165) is 19.3 Å². The van der Waals surface area contributed by atoms with Crippen molar-refractivity contribution in [2.45, 2.75) is 19.3 Å². The van der Waals surface area contributed by atoms with Gasteiger partial charge in [0.15, 0.2) is 0 Å². The van der Waals surface area contributed by atoms with Gasteiger partial charge in [0.25, 0.3) is 0 Å². The number of hydrogen-bond donors (Lipinski definition) is 0. The Bertz CT molecular complexity index is 1180. The molecule has 0 heteroatoms. The Balaban J connectivity index is 1.55. The predicted octanol–water partition coefficient (Wildman–Crippen LogP) is 6.42. The maximum atomic E-state index is 2.37. The molecule has 0 unspecified atom stereocenters. The molecule has 0 N–H and O–H groups in total. The van der Waals surface area contributed by atoms with Crippen LogP contribution in [0.3, 0.4) is 0 Å². The van der Waals surface area contributed by atoms with E-state index in [2.05, 4.69) is 84.9 Å². The molecular formula is C27H20. The van der Waals surface area contributed by atoms with Crippen molar-refractivity contribution in [2.24, 2.45) is 0 Å². The van der Waals surface area contributed by atoms with Crippen molar-refractivity contribution in [3.05, 3.63) is 118 Å². The first-order valence-electron chi connectivity index (χ1n) is 9.76. The maximum absolute atomic E-state index is 2.37. The largest absolute Gasteiger partial charge is 0.0622 e. The molecule has 4 aromatic rings. The summed E-state index contributed by atoms with van der Waals surface area (Å²) in [7, 11) is 0. The highest BCUT2D eigenvalue weighted by Gasteiger charge is 2.27. The summed E-state index contributed by atoms with van der Waals surface area (Å²) in [4.78, 5) is 0. The van der Waals surface area contributed by atoms with Crippen molar-refractivity contribution in [1.82, 2.24) is 0 Å². The number of rotatable bonds is 1. The minimum atomic E-state index is 1.05. The van der Waals surface area contributed by atoms with Gasteiger partial charge >= 0.3 is 0 Å². The summed E-state index contributed by atoms with van der Waals surface area (Å²) in [6, 6.07) is 31.3.